The SMILES string of the molecule is CNC(C)(C)C(=O)N[C@@H](C)C(=O)OC. The van der Waals surface area contributed by atoms with Gasteiger partial charge >= 0.3 is 5.97 Å². The molecule has 1 amide bonds. The van der Waals surface area contributed by atoms with E-state index in [1.807, 2.05) is 0 Å². The van der Waals surface area contributed by atoms with E-state index < -0.39 is 17.6 Å². The number of esters is 1. The molecule has 0 unspecified atom stereocenters. The average Bonchev–Trinajstić information content (AvgIpc) is 2.16. The summed E-state index contributed by atoms with van der Waals surface area (Å²) in [6.07, 6.45) is 0. The van der Waals surface area contributed by atoms with E-state index in [0.29, 0.717) is 0 Å². The van der Waals surface area contributed by atoms with Crippen molar-refractivity contribution in [3.63, 3.8) is 0 Å². The Hall–Kier alpha value is -1.10. The van der Waals surface area contributed by atoms with Crippen molar-refractivity contribution in [1.82, 2.24) is 10.6 Å². The molecule has 0 rings (SSSR count). The second-order valence-corrected chi connectivity index (χ2v) is 3.59. The average molecular weight is 202 g/mol. The Balaban J connectivity index is 4.26. The number of likely N-dealkylation sites (N-methyl/N-ethyl adjacent to an activating group) is 1. The summed E-state index contributed by atoms with van der Waals surface area (Å²) >= 11 is 0. The fraction of sp³-hybridized carbons (Fsp3) is 0.778. The largest absolute Gasteiger partial charge is 0.467 e. The molecule has 0 saturated carbocycles. The van der Waals surface area contributed by atoms with Crippen molar-refractivity contribution in [1.29, 1.82) is 0 Å². The summed E-state index contributed by atoms with van der Waals surface area (Å²) in [6, 6.07) is -0.625. The van der Waals surface area contributed by atoms with E-state index in [1.165, 1.54) is 7.11 Å². The Bertz CT molecular complexity index is 226. The van der Waals surface area contributed by atoms with Gasteiger partial charge in [-0.05, 0) is 27.8 Å². The third kappa shape index (κ3) is 3.33. The molecule has 0 aliphatic rings. The van der Waals surface area contributed by atoms with Crippen LogP contribution in [-0.4, -0.2) is 37.6 Å². The van der Waals surface area contributed by atoms with Crippen molar-refractivity contribution < 1.29 is 14.3 Å². The molecule has 5 nitrogen and oxygen atoms in total. The third-order valence-corrected chi connectivity index (χ3v) is 2.09. The monoisotopic (exact) mass is 202 g/mol. The van der Waals surface area contributed by atoms with E-state index in [1.54, 1.807) is 27.8 Å². The summed E-state index contributed by atoms with van der Waals surface area (Å²) < 4.78 is 4.49. The molecule has 0 aliphatic heterocycles. The van der Waals surface area contributed by atoms with Crippen molar-refractivity contribution in [2.75, 3.05) is 14.2 Å². The molecule has 0 aromatic heterocycles. The van der Waals surface area contributed by atoms with Gasteiger partial charge in [0.25, 0.3) is 0 Å². The van der Waals surface area contributed by atoms with Crippen LogP contribution >= 0.6 is 0 Å². The Morgan fingerprint density at radius 3 is 2.21 bits per heavy atom. The van der Waals surface area contributed by atoms with Gasteiger partial charge < -0.3 is 15.4 Å². The van der Waals surface area contributed by atoms with Crippen LogP contribution in [0, 0.1) is 0 Å². The number of carbonyl (C=O) groups excluding carboxylic acids is 2. The predicted molar refractivity (Wildman–Crippen MR) is 52.8 cm³/mol. The smallest absolute Gasteiger partial charge is 0.328 e. The summed E-state index contributed by atoms with van der Waals surface area (Å²) in [4.78, 5) is 22.6. The number of carbonyl (C=O) groups is 2. The zero-order valence-corrected chi connectivity index (χ0v) is 9.30. The summed E-state index contributed by atoms with van der Waals surface area (Å²) in [5.74, 6) is -0.692. The van der Waals surface area contributed by atoms with Crippen LogP contribution in [0.2, 0.25) is 0 Å². The van der Waals surface area contributed by atoms with Crippen molar-refractivity contribution in [2.45, 2.75) is 32.4 Å². The van der Waals surface area contributed by atoms with Crippen LogP contribution in [-0.2, 0) is 14.3 Å². The van der Waals surface area contributed by atoms with Gasteiger partial charge in [0.05, 0.1) is 12.6 Å². The Morgan fingerprint density at radius 2 is 1.86 bits per heavy atom. The van der Waals surface area contributed by atoms with Crippen molar-refractivity contribution >= 4 is 11.9 Å². The summed E-state index contributed by atoms with van der Waals surface area (Å²) in [5, 5.41) is 5.39. The molecule has 82 valence electrons. The Labute approximate surface area is 84.2 Å². The van der Waals surface area contributed by atoms with Gasteiger partial charge in [-0.1, -0.05) is 0 Å². The number of rotatable bonds is 4. The lowest BCUT2D eigenvalue weighted by Gasteiger charge is -2.24. The number of amides is 1. The summed E-state index contributed by atoms with van der Waals surface area (Å²) in [6.45, 7) is 5.04. The van der Waals surface area contributed by atoms with Gasteiger partial charge in [0.1, 0.15) is 6.04 Å². The maximum Gasteiger partial charge on any atom is 0.328 e. The summed E-state index contributed by atoms with van der Waals surface area (Å²) in [5.41, 5.74) is -0.692. The predicted octanol–water partition coefficient (Wildman–Crippen LogP) is -0.338. The highest BCUT2D eigenvalue weighted by molar-refractivity contribution is 5.89. The van der Waals surface area contributed by atoms with Crippen LogP contribution in [0.4, 0.5) is 0 Å². The molecule has 0 aromatic carbocycles. The van der Waals surface area contributed by atoms with Gasteiger partial charge in [0.15, 0.2) is 0 Å². The highest BCUT2D eigenvalue weighted by Crippen LogP contribution is 2.01. The fourth-order valence-corrected chi connectivity index (χ4v) is 0.726. The van der Waals surface area contributed by atoms with E-state index in [2.05, 4.69) is 15.4 Å². The minimum atomic E-state index is -0.692. The van der Waals surface area contributed by atoms with E-state index in [4.69, 9.17) is 0 Å². The van der Waals surface area contributed by atoms with Crippen molar-refractivity contribution in [3.8, 4) is 0 Å². The molecule has 0 aromatic rings. The number of ether oxygens (including phenoxy) is 1. The van der Waals surface area contributed by atoms with Crippen LogP contribution in [0.25, 0.3) is 0 Å². The van der Waals surface area contributed by atoms with E-state index >= 15 is 0 Å². The van der Waals surface area contributed by atoms with E-state index in [0.717, 1.165) is 0 Å². The van der Waals surface area contributed by atoms with Crippen LogP contribution < -0.4 is 10.6 Å². The highest BCUT2D eigenvalue weighted by atomic mass is 16.5. The standard InChI is InChI=1S/C9H18N2O3/c1-6(7(12)14-5)11-8(13)9(2,3)10-4/h6,10H,1-5H3,(H,11,13)/t6-/m0/s1. The number of hydrogen-bond donors (Lipinski definition) is 2. The normalized spacial score (nSPS) is 13.2. The first-order valence-electron chi connectivity index (χ1n) is 4.43. The number of hydrogen-bond acceptors (Lipinski definition) is 4. The second-order valence-electron chi connectivity index (χ2n) is 3.59. The third-order valence-electron chi connectivity index (χ3n) is 2.09. The molecule has 0 heterocycles. The van der Waals surface area contributed by atoms with Gasteiger partial charge in [-0.15, -0.1) is 0 Å². The van der Waals surface area contributed by atoms with Crippen molar-refractivity contribution in [3.05, 3.63) is 0 Å². The van der Waals surface area contributed by atoms with Crippen LogP contribution in [0.3, 0.4) is 0 Å². The minimum Gasteiger partial charge on any atom is -0.467 e. The lowest BCUT2D eigenvalue weighted by molar-refractivity contribution is -0.145. The zero-order valence-electron chi connectivity index (χ0n) is 9.30. The molecule has 0 bridgehead atoms. The molecule has 1 atom stereocenters. The molecule has 0 radical (unpaired) electrons. The number of methoxy groups -OCH3 is 1. The minimum absolute atomic E-state index is 0.238. The maximum atomic E-state index is 11.5. The molecule has 2 N–H and O–H groups in total. The zero-order chi connectivity index (χ0) is 11.4. The topological polar surface area (TPSA) is 67.4 Å². The second kappa shape index (κ2) is 4.95. The Kier molecular flexibility index (Phi) is 4.56. The molecule has 0 fully saturated rings. The van der Waals surface area contributed by atoms with E-state index in [-0.39, 0.29) is 5.91 Å². The molecule has 0 saturated heterocycles. The Morgan fingerprint density at radius 1 is 1.36 bits per heavy atom. The van der Waals surface area contributed by atoms with Gasteiger partial charge in [0, 0.05) is 0 Å². The van der Waals surface area contributed by atoms with Gasteiger partial charge in [-0.2, -0.15) is 0 Å². The van der Waals surface area contributed by atoms with Gasteiger partial charge in [0.2, 0.25) is 5.91 Å². The van der Waals surface area contributed by atoms with Crippen molar-refractivity contribution in [2.24, 2.45) is 0 Å². The van der Waals surface area contributed by atoms with Gasteiger partial charge in [-0.25, -0.2) is 4.79 Å². The van der Waals surface area contributed by atoms with Gasteiger partial charge in [-0.3, -0.25) is 4.79 Å². The first-order valence-corrected chi connectivity index (χ1v) is 4.43. The first kappa shape index (κ1) is 12.9. The molecular formula is C9H18N2O3. The first-order chi connectivity index (χ1) is 6.35. The lowest BCUT2D eigenvalue weighted by Crippen LogP contribution is -2.54. The van der Waals surface area contributed by atoms with Crippen LogP contribution in [0.5, 0.6) is 0 Å². The van der Waals surface area contributed by atoms with Crippen LogP contribution in [0.15, 0.2) is 0 Å². The maximum absolute atomic E-state index is 11.5. The molecule has 5 heteroatoms. The van der Waals surface area contributed by atoms with Crippen LogP contribution in [0.1, 0.15) is 20.8 Å². The lowest BCUT2D eigenvalue weighted by atomic mass is 10.0. The molecule has 14 heavy (non-hydrogen) atoms. The van der Waals surface area contributed by atoms with E-state index in [9.17, 15) is 9.59 Å². The highest BCUT2D eigenvalue weighted by Gasteiger charge is 2.28. The number of nitrogens with one attached hydrogen (secondary N) is 2. The summed E-state index contributed by atoms with van der Waals surface area (Å²) in [7, 11) is 2.97. The fourth-order valence-electron chi connectivity index (χ4n) is 0.726. The molecular weight excluding hydrogens is 184 g/mol. The molecule has 0 spiro atoms. The molecule has 0 aliphatic carbocycles. The quantitative estimate of drug-likeness (QED) is 0.612.